The molecule has 1 saturated heterocycles. The zero-order chi connectivity index (χ0) is 15.9. The van der Waals surface area contributed by atoms with E-state index in [2.05, 4.69) is 12.2 Å². The molecule has 1 aliphatic rings. The third-order valence-electron chi connectivity index (χ3n) is 3.58. The fourth-order valence-electron chi connectivity index (χ4n) is 2.44. The first-order chi connectivity index (χ1) is 10.6. The summed E-state index contributed by atoms with van der Waals surface area (Å²) in [6, 6.07) is 7.54. The molecule has 6 nitrogen and oxygen atoms in total. The van der Waals surface area contributed by atoms with Crippen LogP contribution in [0.2, 0.25) is 0 Å². The Hall–Kier alpha value is -2.24. The SMILES string of the molecule is CCC[C@H](CC(=O)N1CCOC1=O)Nc1ccc(OC)cc1. The number of methoxy groups -OCH3 is 1. The van der Waals surface area contributed by atoms with Crippen LogP contribution in [-0.2, 0) is 9.53 Å². The van der Waals surface area contributed by atoms with E-state index >= 15 is 0 Å². The van der Waals surface area contributed by atoms with Crippen molar-refractivity contribution in [2.24, 2.45) is 0 Å². The molecule has 120 valence electrons. The first kappa shape index (κ1) is 16.1. The van der Waals surface area contributed by atoms with Gasteiger partial charge in [0.15, 0.2) is 0 Å². The van der Waals surface area contributed by atoms with Gasteiger partial charge in [-0.25, -0.2) is 9.69 Å². The van der Waals surface area contributed by atoms with Gasteiger partial charge in [0.25, 0.3) is 0 Å². The molecule has 0 bridgehead atoms. The van der Waals surface area contributed by atoms with Crippen molar-refractivity contribution in [3.8, 4) is 5.75 Å². The summed E-state index contributed by atoms with van der Waals surface area (Å²) in [6.07, 6.45) is 1.53. The summed E-state index contributed by atoms with van der Waals surface area (Å²) in [6.45, 7) is 2.70. The van der Waals surface area contributed by atoms with Gasteiger partial charge in [0.1, 0.15) is 12.4 Å². The van der Waals surface area contributed by atoms with Crippen molar-refractivity contribution in [2.45, 2.75) is 32.2 Å². The number of carbonyl (C=O) groups excluding carboxylic acids is 2. The minimum Gasteiger partial charge on any atom is -0.497 e. The number of cyclic esters (lactones) is 1. The number of ether oxygens (including phenoxy) is 2. The van der Waals surface area contributed by atoms with Crippen LogP contribution in [0.5, 0.6) is 5.75 Å². The third kappa shape index (κ3) is 4.13. The van der Waals surface area contributed by atoms with Crippen LogP contribution in [0.25, 0.3) is 0 Å². The van der Waals surface area contributed by atoms with Crippen molar-refractivity contribution in [2.75, 3.05) is 25.6 Å². The number of benzene rings is 1. The Balaban J connectivity index is 1.96. The second-order valence-corrected chi connectivity index (χ2v) is 5.22. The van der Waals surface area contributed by atoms with E-state index in [0.29, 0.717) is 6.54 Å². The lowest BCUT2D eigenvalue weighted by Crippen LogP contribution is -2.36. The molecule has 0 saturated carbocycles. The van der Waals surface area contributed by atoms with Crippen molar-refractivity contribution in [3.05, 3.63) is 24.3 Å². The molecule has 1 atom stereocenters. The van der Waals surface area contributed by atoms with Crippen LogP contribution in [-0.4, -0.2) is 43.2 Å². The van der Waals surface area contributed by atoms with Gasteiger partial charge in [0.05, 0.1) is 13.7 Å². The zero-order valence-electron chi connectivity index (χ0n) is 13.0. The van der Waals surface area contributed by atoms with E-state index in [-0.39, 0.29) is 25.0 Å². The fourth-order valence-corrected chi connectivity index (χ4v) is 2.44. The molecule has 0 radical (unpaired) electrons. The van der Waals surface area contributed by atoms with E-state index in [1.165, 1.54) is 4.90 Å². The van der Waals surface area contributed by atoms with Crippen LogP contribution in [0.15, 0.2) is 24.3 Å². The number of nitrogens with one attached hydrogen (secondary N) is 1. The van der Waals surface area contributed by atoms with Gasteiger partial charge < -0.3 is 14.8 Å². The maximum absolute atomic E-state index is 12.2. The van der Waals surface area contributed by atoms with E-state index in [1.807, 2.05) is 24.3 Å². The average molecular weight is 306 g/mol. The summed E-state index contributed by atoms with van der Waals surface area (Å²) in [4.78, 5) is 24.8. The highest BCUT2D eigenvalue weighted by Gasteiger charge is 2.29. The lowest BCUT2D eigenvalue weighted by atomic mass is 10.1. The van der Waals surface area contributed by atoms with Gasteiger partial charge in [-0.3, -0.25) is 4.79 Å². The predicted molar refractivity (Wildman–Crippen MR) is 83.0 cm³/mol. The van der Waals surface area contributed by atoms with E-state index in [9.17, 15) is 9.59 Å². The van der Waals surface area contributed by atoms with Crippen molar-refractivity contribution < 1.29 is 19.1 Å². The monoisotopic (exact) mass is 306 g/mol. The number of anilines is 1. The summed E-state index contributed by atoms with van der Waals surface area (Å²) in [5.41, 5.74) is 0.927. The second-order valence-electron chi connectivity index (χ2n) is 5.22. The first-order valence-corrected chi connectivity index (χ1v) is 7.51. The molecule has 22 heavy (non-hydrogen) atoms. The highest BCUT2D eigenvalue weighted by atomic mass is 16.6. The molecule has 0 unspecified atom stereocenters. The molecule has 6 heteroatoms. The predicted octanol–water partition coefficient (Wildman–Crippen LogP) is 2.64. The van der Waals surface area contributed by atoms with Gasteiger partial charge in [-0.2, -0.15) is 0 Å². The summed E-state index contributed by atoms with van der Waals surface area (Å²) in [5.74, 6) is 0.593. The number of amides is 2. The topological polar surface area (TPSA) is 67.9 Å². The van der Waals surface area contributed by atoms with E-state index < -0.39 is 6.09 Å². The number of hydrogen-bond donors (Lipinski definition) is 1. The molecule has 0 spiro atoms. The largest absolute Gasteiger partial charge is 0.497 e. The molecule has 0 aliphatic carbocycles. The van der Waals surface area contributed by atoms with Crippen LogP contribution in [0, 0.1) is 0 Å². The summed E-state index contributed by atoms with van der Waals surface area (Å²) in [5, 5.41) is 3.35. The van der Waals surface area contributed by atoms with Gasteiger partial charge in [-0.05, 0) is 30.7 Å². The first-order valence-electron chi connectivity index (χ1n) is 7.51. The maximum Gasteiger partial charge on any atom is 0.416 e. The molecular weight excluding hydrogens is 284 g/mol. The Morgan fingerprint density at radius 2 is 2.14 bits per heavy atom. The lowest BCUT2D eigenvalue weighted by Gasteiger charge is -2.21. The molecule has 1 fully saturated rings. The Morgan fingerprint density at radius 3 is 2.68 bits per heavy atom. The minimum absolute atomic E-state index is 0.0145. The van der Waals surface area contributed by atoms with Gasteiger partial charge in [-0.1, -0.05) is 13.3 Å². The van der Waals surface area contributed by atoms with Crippen molar-refractivity contribution >= 4 is 17.7 Å². The molecule has 1 aliphatic heterocycles. The lowest BCUT2D eigenvalue weighted by molar-refractivity contribution is -0.128. The van der Waals surface area contributed by atoms with E-state index in [1.54, 1.807) is 7.11 Å². The smallest absolute Gasteiger partial charge is 0.416 e. The van der Waals surface area contributed by atoms with Crippen molar-refractivity contribution in [1.82, 2.24) is 4.90 Å². The molecular formula is C16H22N2O4. The number of nitrogens with zero attached hydrogens (tertiary/aromatic N) is 1. The minimum atomic E-state index is -0.537. The maximum atomic E-state index is 12.2. The van der Waals surface area contributed by atoms with Gasteiger partial charge in [-0.15, -0.1) is 0 Å². The summed E-state index contributed by atoms with van der Waals surface area (Å²) >= 11 is 0. The van der Waals surface area contributed by atoms with Crippen LogP contribution in [0.1, 0.15) is 26.2 Å². The molecule has 2 rings (SSSR count). The Kier molecular flexibility index (Phi) is 5.63. The fraction of sp³-hybridized carbons (Fsp3) is 0.500. The third-order valence-corrected chi connectivity index (χ3v) is 3.58. The number of hydrogen-bond acceptors (Lipinski definition) is 5. The van der Waals surface area contributed by atoms with Crippen LogP contribution in [0.3, 0.4) is 0 Å². The Labute approximate surface area is 130 Å². The molecule has 1 heterocycles. The van der Waals surface area contributed by atoms with Gasteiger partial charge in [0, 0.05) is 18.2 Å². The van der Waals surface area contributed by atoms with E-state index in [4.69, 9.17) is 9.47 Å². The number of carbonyl (C=O) groups is 2. The van der Waals surface area contributed by atoms with Gasteiger partial charge in [0.2, 0.25) is 5.91 Å². The standard InChI is InChI=1S/C16H22N2O4/c1-3-4-13(11-15(19)18-9-10-22-16(18)20)17-12-5-7-14(21-2)8-6-12/h5-8,13,17H,3-4,9-11H2,1-2H3/t13-/m1/s1. The molecule has 0 aromatic heterocycles. The van der Waals surface area contributed by atoms with Crippen LogP contribution >= 0.6 is 0 Å². The summed E-state index contributed by atoms with van der Waals surface area (Å²) in [7, 11) is 1.62. The molecule has 1 aromatic carbocycles. The highest BCUT2D eigenvalue weighted by molar-refractivity contribution is 5.93. The van der Waals surface area contributed by atoms with Crippen molar-refractivity contribution in [3.63, 3.8) is 0 Å². The number of rotatable bonds is 7. The van der Waals surface area contributed by atoms with Crippen molar-refractivity contribution in [1.29, 1.82) is 0 Å². The van der Waals surface area contributed by atoms with Gasteiger partial charge >= 0.3 is 6.09 Å². The second kappa shape index (κ2) is 7.68. The Morgan fingerprint density at radius 1 is 1.41 bits per heavy atom. The highest BCUT2D eigenvalue weighted by Crippen LogP contribution is 2.19. The van der Waals surface area contributed by atoms with E-state index in [0.717, 1.165) is 24.3 Å². The number of imide groups is 1. The quantitative estimate of drug-likeness (QED) is 0.838. The summed E-state index contributed by atoms with van der Waals surface area (Å²) < 4.78 is 9.93. The molecule has 1 N–H and O–H groups in total. The molecule has 2 amide bonds. The zero-order valence-corrected chi connectivity index (χ0v) is 13.0. The normalized spacial score (nSPS) is 15.4. The molecule has 1 aromatic rings. The van der Waals surface area contributed by atoms with Crippen LogP contribution < -0.4 is 10.1 Å². The van der Waals surface area contributed by atoms with Crippen LogP contribution in [0.4, 0.5) is 10.5 Å². The average Bonchev–Trinajstić information content (AvgIpc) is 2.94. The Bertz CT molecular complexity index is 515.